The summed E-state index contributed by atoms with van der Waals surface area (Å²) >= 11 is 1.50. The molecule has 6 nitrogen and oxygen atoms in total. The normalized spacial score (nSPS) is 17.1. The summed E-state index contributed by atoms with van der Waals surface area (Å²) < 4.78 is 5.28. The lowest BCUT2D eigenvalue weighted by Crippen LogP contribution is -2.50. The summed E-state index contributed by atoms with van der Waals surface area (Å²) in [4.78, 5) is 18.1. The second-order valence-corrected chi connectivity index (χ2v) is 8.08. The minimum Gasteiger partial charge on any atom is -0.497 e. The van der Waals surface area contributed by atoms with Crippen LogP contribution >= 0.6 is 11.8 Å². The molecule has 31 heavy (non-hydrogen) atoms. The Bertz CT molecular complexity index is 1270. The molecule has 0 fully saturated rings. The molecule has 3 aromatic rings. The largest absolute Gasteiger partial charge is 0.497 e. The second-order valence-electron chi connectivity index (χ2n) is 7.12. The summed E-state index contributed by atoms with van der Waals surface area (Å²) in [6, 6.07) is 25.5. The zero-order valence-electron chi connectivity index (χ0n) is 16.9. The first-order valence-electron chi connectivity index (χ1n) is 9.90. The van der Waals surface area contributed by atoms with E-state index >= 15 is 0 Å². The summed E-state index contributed by atoms with van der Waals surface area (Å²) in [5.74, 6) is 1.30. The van der Waals surface area contributed by atoms with Crippen LogP contribution in [0.2, 0.25) is 0 Å². The molecule has 1 N–H and O–H groups in total. The summed E-state index contributed by atoms with van der Waals surface area (Å²) in [6.07, 6.45) is -0.436. The predicted molar refractivity (Wildman–Crippen MR) is 122 cm³/mol. The van der Waals surface area contributed by atoms with E-state index in [1.807, 2.05) is 66.7 Å². The molecule has 1 atom stereocenters. The summed E-state index contributed by atoms with van der Waals surface area (Å²) in [5, 5.41) is 11.6. The number of nitrogens with zero attached hydrogens (tertiary/aromatic N) is 3. The van der Waals surface area contributed by atoms with Crippen LogP contribution in [0, 0.1) is 0 Å². The lowest BCUT2D eigenvalue weighted by molar-refractivity contribution is -0.116. The predicted octanol–water partition coefficient (Wildman–Crippen LogP) is 2.77. The molecule has 2 heterocycles. The van der Waals surface area contributed by atoms with Gasteiger partial charge in [-0.25, -0.2) is 5.01 Å². The highest BCUT2D eigenvalue weighted by molar-refractivity contribution is 8.13. The van der Waals surface area contributed by atoms with Gasteiger partial charge in [0.2, 0.25) is 0 Å². The third kappa shape index (κ3) is 3.80. The average Bonchev–Trinajstić information content (AvgIpc) is 2.83. The number of rotatable bonds is 4. The fraction of sp³-hybridized carbons (Fsp3) is 0.125. The quantitative estimate of drug-likeness (QED) is 0.694. The first kappa shape index (κ1) is 19.4. The van der Waals surface area contributed by atoms with Crippen LogP contribution < -0.4 is 20.6 Å². The molecule has 7 heteroatoms. The monoisotopic (exact) mass is 428 g/mol. The fourth-order valence-corrected chi connectivity index (χ4v) is 4.42. The number of carbonyl (C=O) groups excluding carboxylic acids is 1. The van der Waals surface area contributed by atoms with Gasteiger partial charge in [0.05, 0.1) is 12.5 Å². The summed E-state index contributed by atoms with van der Waals surface area (Å²) in [5.41, 5.74) is 2.61. The van der Waals surface area contributed by atoms with E-state index in [-0.39, 0.29) is 5.91 Å². The molecule has 0 saturated heterocycles. The van der Waals surface area contributed by atoms with Gasteiger partial charge >= 0.3 is 0 Å². The highest BCUT2D eigenvalue weighted by Gasteiger charge is 2.34. The Hall–Kier alpha value is -3.58. The van der Waals surface area contributed by atoms with Crippen molar-refractivity contribution in [3.05, 3.63) is 101 Å². The van der Waals surface area contributed by atoms with E-state index in [0.29, 0.717) is 16.6 Å². The van der Waals surface area contributed by atoms with Crippen LogP contribution in [0.3, 0.4) is 0 Å². The smallest absolute Gasteiger partial charge is 0.276 e. The molecule has 2 aliphatic rings. The van der Waals surface area contributed by atoms with Gasteiger partial charge in [-0.2, -0.15) is 0 Å². The zero-order valence-corrected chi connectivity index (χ0v) is 17.7. The van der Waals surface area contributed by atoms with Crippen molar-refractivity contribution < 1.29 is 9.53 Å². The molecule has 0 saturated carbocycles. The Labute approximate surface area is 184 Å². The number of ether oxygens (including phenoxy) is 1. The van der Waals surface area contributed by atoms with Crippen LogP contribution in [0.4, 0.5) is 0 Å². The maximum Gasteiger partial charge on any atom is 0.276 e. The molecule has 0 radical (unpaired) electrons. The fourth-order valence-electron chi connectivity index (χ4n) is 3.61. The van der Waals surface area contributed by atoms with Crippen LogP contribution in [0.25, 0.3) is 5.70 Å². The van der Waals surface area contributed by atoms with Crippen molar-refractivity contribution in [2.45, 2.75) is 11.9 Å². The maximum absolute atomic E-state index is 13.1. The number of hydrogen-bond donors (Lipinski definition) is 1. The Kier molecular flexibility index (Phi) is 5.18. The molecule has 5 rings (SSSR count). The molecule has 0 bridgehead atoms. The first-order chi connectivity index (χ1) is 15.2. The highest BCUT2D eigenvalue weighted by Crippen LogP contribution is 2.31. The molecule has 0 aromatic heterocycles. The Morgan fingerprint density at radius 3 is 2.52 bits per heavy atom. The van der Waals surface area contributed by atoms with Gasteiger partial charge in [0.1, 0.15) is 11.4 Å². The number of amidine groups is 1. The Balaban J connectivity index is 1.56. The lowest BCUT2D eigenvalue weighted by atomic mass is 10.1. The van der Waals surface area contributed by atoms with Crippen molar-refractivity contribution in [2.75, 3.05) is 7.11 Å². The number of nitrogens with one attached hydrogen (secondary N) is 1. The number of methoxy groups -OCH3 is 1. The number of hydrogen-bond acceptors (Lipinski definition) is 6. The van der Waals surface area contributed by atoms with Gasteiger partial charge in [-0.3, -0.25) is 15.1 Å². The zero-order chi connectivity index (χ0) is 21.2. The van der Waals surface area contributed by atoms with Gasteiger partial charge in [0.25, 0.3) is 5.91 Å². The molecule has 1 amide bonds. The van der Waals surface area contributed by atoms with Crippen molar-refractivity contribution in [3.63, 3.8) is 0 Å². The van der Waals surface area contributed by atoms with E-state index in [1.165, 1.54) is 17.3 Å². The van der Waals surface area contributed by atoms with E-state index in [2.05, 4.69) is 17.4 Å². The number of hydrazone groups is 1. The van der Waals surface area contributed by atoms with Crippen molar-refractivity contribution in [1.29, 1.82) is 0 Å². The van der Waals surface area contributed by atoms with Crippen molar-refractivity contribution in [2.24, 2.45) is 10.1 Å². The topological polar surface area (TPSA) is 66.3 Å². The van der Waals surface area contributed by atoms with Crippen LogP contribution in [-0.2, 0) is 10.5 Å². The van der Waals surface area contributed by atoms with Crippen molar-refractivity contribution in [1.82, 2.24) is 10.3 Å². The van der Waals surface area contributed by atoms with E-state index in [0.717, 1.165) is 21.9 Å². The van der Waals surface area contributed by atoms with E-state index in [9.17, 15) is 4.79 Å². The number of carbonyl (C=O) groups is 1. The molecular formula is C24H20N4O2S. The van der Waals surface area contributed by atoms with Crippen LogP contribution in [0.5, 0.6) is 5.75 Å². The third-order valence-corrected chi connectivity index (χ3v) is 6.08. The molecule has 2 aliphatic heterocycles. The maximum atomic E-state index is 13.1. The van der Waals surface area contributed by atoms with Crippen LogP contribution in [0.15, 0.2) is 89.0 Å². The van der Waals surface area contributed by atoms with Gasteiger partial charge in [0, 0.05) is 11.0 Å². The van der Waals surface area contributed by atoms with Crippen molar-refractivity contribution in [3.8, 4) is 5.75 Å². The summed E-state index contributed by atoms with van der Waals surface area (Å²) in [7, 11) is 1.64. The van der Waals surface area contributed by atoms with E-state index < -0.39 is 6.17 Å². The Morgan fingerprint density at radius 1 is 1.00 bits per heavy atom. The third-order valence-electron chi connectivity index (χ3n) is 5.15. The molecule has 0 spiro atoms. The van der Waals surface area contributed by atoms with Crippen LogP contribution in [-0.4, -0.2) is 23.2 Å². The summed E-state index contributed by atoms with van der Waals surface area (Å²) in [6.45, 7) is 0. The lowest BCUT2D eigenvalue weighted by Gasteiger charge is -2.34. The van der Waals surface area contributed by atoms with Crippen molar-refractivity contribution >= 4 is 28.5 Å². The highest BCUT2D eigenvalue weighted by atomic mass is 32.2. The number of amides is 1. The second kappa shape index (κ2) is 8.28. The van der Waals surface area contributed by atoms with Gasteiger partial charge in [-0.1, -0.05) is 72.4 Å². The number of para-hydroxylation sites is 1. The molecule has 3 aromatic carbocycles. The number of benzene rings is 3. The standard InChI is InChI=1S/C24H20N4O2S/c1-30-18-13-11-17(12-14-18)22-25-20-10-6-5-9-19(20)21-23(29)26-24(27-28(21)22)31-15-16-7-3-2-4-8-16/h2-14,22H,15H2,1H3,(H,26,27,29). The van der Waals surface area contributed by atoms with Crippen LogP contribution in [0.1, 0.15) is 17.3 Å². The molecule has 1 unspecified atom stereocenters. The molecule has 154 valence electrons. The number of thioether (sulfide) groups is 1. The van der Waals surface area contributed by atoms with Gasteiger partial charge < -0.3 is 4.74 Å². The first-order valence-corrected chi connectivity index (χ1v) is 10.9. The average molecular weight is 429 g/mol. The van der Waals surface area contributed by atoms with Gasteiger partial charge in [-0.15, -0.1) is 5.10 Å². The minimum atomic E-state index is -0.436. The minimum absolute atomic E-state index is 0.175. The number of fused-ring (bicyclic) bond motifs is 2. The van der Waals surface area contributed by atoms with E-state index in [4.69, 9.17) is 14.8 Å². The molecular weight excluding hydrogens is 408 g/mol. The SMILES string of the molecule is COc1ccc(C2N=c3ccccc3=C3C(=O)NC(SCc4ccccc4)=NN32)cc1. The van der Waals surface area contributed by atoms with Gasteiger partial charge in [0.15, 0.2) is 11.3 Å². The van der Waals surface area contributed by atoms with E-state index in [1.54, 1.807) is 12.1 Å². The molecule has 0 aliphatic carbocycles. The Morgan fingerprint density at radius 2 is 1.74 bits per heavy atom. The van der Waals surface area contributed by atoms with Gasteiger partial charge in [-0.05, 0) is 29.3 Å².